The third-order valence-corrected chi connectivity index (χ3v) is 4.80. The summed E-state index contributed by atoms with van der Waals surface area (Å²) in [6.45, 7) is 0. The maximum absolute atomic E-state index is 14.7. The second kappa shape index (κ2) is 8.13. The van der Waals surface area contributed by atoms with E-state index >= 15 is 0 Å². The average molecular weight is 400 g/mol. The van der Waals surface area contributed by atoms with Gasteiger partial charge >= 0.3 is 0 Å². The van der Waals surface area contributed by atoms with Crippen LogP contribution in [-0.2, 0) is 9.59 Å². The van der Waals surface area contributed by atoms with E-state index in [0.29, 0.717) is 0 Å². The van der Waals surface area contributed by atoms with Crippen LogP contribution in [0.2, 0.25) is 0 Å². The number of aliphatic hydroxyl groups is 1. The van der Waals surface area contributed by atoms with E-state index in [0.717, 1.165) is 10.5 Å². The highest BCUT2D eigenvalue weighted by Gasteiger charge is 2.45. The Morgan fingerprint density at radius 2 is 1.70 bits per heavy atom. The van der Waals surface area contributed by atoms with E-state index in [2.05, 4.69) is 4.98 Å². The van der Waals surface area contributed by atoms with Crippen molar-refractivity contribution in [2.75, 3.05) is 4.90 Å². The highest BCUT2D eigenvalue weighted by Crippen LogP contribution is 2.41. The standard InChI is InChI=1S/C24H17FN2O3/c25-18-11-5-4-10-17(18)22-21(19(28)14-13-16-8-2-1-3-9-16)23(29)24(30)27(22)20-12-6-7-15-26-20/h1-15,22,29H/b14-13+. The zero-order valence-electron chi connectivity index (χ0n) is 15.8. The van der Waals surface area contributed by atoms with Crippen molar-refractivity contribution in [3.05, 3.63) is 113 Å². The molecule has 2 heterocycles. The monoisotopic (exact) mass is 400 g/mol. The molecule has 1 N–H and O–H groups in total. The van der Waals surface area contributed by atoms with Gasteiger partial charge in [-0.2, -0.15) is 0 Å². The summed E-state index contributed by atoms with van der Waals surface area (Å²) in [5.41, 5.74) is 0.680. The Morgan fingerprint density at radius 1 is 1.00 bits per heavy atom. The van der Waals surface area contributed by atoms with Crippen LogP contribution in [0.1, 0.15) is 17.2 Å². The number of anilines is 1. The molecule has 2 aromatic carbocycles. The molecule has 6 heteroatoms. The number of aliphatic hydroxyl groups excluding tert-OH is 1. The van der Waals surface area contributed by atoms with E-state index in [1.165, 1.54) is 30.5 Å². The average Bonchev–Trinajstić information content (AvgIpc) is 3.04. The number of ketones is 1. The van der Waals surface area contributed by atoms with E-state index < -0.39 is 29.3 Å². The Hall–Kier alpha value is -4.06. The highest BCUT2D eigenvalue weighted by atomic mass is 19.1. The third kappa shape index (κ3) is 3.51. The minimum absolute atomic E-state index is 0.0945. The predicted octanol–water partition coefficient (Wildman–Crippen LogP) is 4.40. The van der Waals surface area contributed by atoms with Gasteiger partial charge in [-0.15, -0.1) is 0 Å². The number of aromatic nitrogens is 1. The van der Waals surface area contributed by atoms with Gasteiger partial charge in [-0.25, -0.2) is 9.37 Å². The molecule has 5 nitrogen and oxygen atoms in total. The van der Waals surface area contributed by atoms with Crippen molar-refractivity contribution in [1.29, 1.82) is 0 Å². The molecule has 3 aromatic rings. The number of halogens is 1. The summed E-state index contributed by atoms with van der Waals surface area (Å²) in [7, 11) is 0. The quantitative estimate of drug-likeness (QED) is 0.645. The fraction of sp³-hybridized carbons (Fsp3) is 0.0417. The van der Waals surface area contributed by atoms with Crippen molar-refractivity contribution in [2.45, 2.75) is 6.04 Å². The molecule has 1 amide bonds. The molecular weight excluding hydrogens is 383 g/mol. The van der Waals surface area contributed by atoms with Gasteiger partial charge in [-0.3, -0.25) is 14.5 Å². The Labute approximate surface area is 172 Å². The maximum Gasteiger partial charge on any atom is 0.295 e. The number of carbonyl (C=O) groups is 2. The van der Waals surface area contributed by atoms with Crippen LogP contribution in [0.4, 0.5) is 10.2 Å². The molecule has 1 aromatic heterocycles. The molecule has 0 fully saturated rings. The highest BCUT2D eigenvalue weighted by molar-refractivity contribution is 6.19. The van der Waals surface area contributed by atoms with E-state index in [1.54, 1.807) is 30.3 Å². The largest absolute Gasteiger partial charge is 0.503 e. The lowest BCUT2D eigenvalue weighted by atomic mass is 9.95. The van der Waals surface area contributed by atoms with Crippen LogP contribution in [0.15, 0.2) is 96.4 Å². The molecule has 1 unspecified atom stereocenters. The normalized spacial score (nSPS) is 16.5. The first-order valence-electron chi connectivity index (χ1n) is 9.27. The van der Waals surface area contributed by atoms with Crippen LogP contribution >= 0.6 is 0 Å². The number of hydrogen-bond donors (Lipinski definition) is 1. The smallest absolute Gasteiger partial charge is 0.295 e. The number of nitrogens with zero attached hydrogens (tertiary/aromatic N) is 2. The van der Waals surface area contributed by atoms with Gasteiger partial charge in [-0.1, -0.05) is 60.7 Å². The van der Waals surface area contributed by atoms with Gasteiger partial charge in [0.2, 0.25) is 0 Å². The Bertz CT molecular complexity index is 1160. The first-order valence-corrected chi connectivity index (χ1v) is 9.27. The van der Waals surface area contributed by atoms with Crippen LogP contribution in [0.3, 0.4) is 0 Å². The van der Waals surface area contributed by atoms with Crippen molar-refractivity contribution in [1.82, 2.24) is 4.98 Å². The minimum Gasteiger partial charge on any atom is -0.503 e. The van der Waals surface area contributed by atoms with E-state index in [-0.39, 0.29) is 17.0 Å². The summed E-state index contributed by atoms with van der Waals surface area (Å²) in [4.78, 5) is 31.2. The summed E-state index contributed by atoms with van der Waals surface area (Å²) in [5, 5.41) is 10.6. The number of benzene rings is 2. The summed E-state index contributed by atoms with van der Waals surface area (Å²) in [6, 6.07) is 18.7. The van der Waals surface area contributed by atoms with Gasteiger partial charge in [0.25, 0.3) is 5.91 Å². The first-order chi connectivity index (χ1) is 14.6. The molecule has 0 saturated carbocycles. The minimum atomic E-state index is -1.14. The van der Waals surface area contributed by atoms with Gasteiger partial charge in [-0.05, 0) is 29.8 Å². The van der Waals surface area contributed by atoms with E-state index in [4.69, 9.17) is 0 Å². The van der Waals surface area contributed by atoms with Crippen molar-refractivity contribution < 1.29 is 19.1 Å². The topological polar surface area (TPSA) is 70.5 Å². The lowest BCUT2D eigenvalue weighted by Crippen LogP contribution is -2.32. The Balaban J connectivity index is 1.81. The molecule has 1 aliphatic rings. The molecule has 1 atom stereocenters. The second-order valence-corrected chi connectivity index (χ2v) is 6.66. The molecule has 0 saturated heterocycles. The molecule has 0 bridgehead atoms. The molecule has 30 heavy (non-hydrogen) atoms. The number of amides is 1. The third-order valence-electron chi connectivity index (χ3n) is 4.80. The van der Waals surface area contributed by atoms with Crippen LogP contribution in [-0.4, -0.2) is 21.8 Å². The molecule has 4 rings (SSSR count). The van der Waals surface area contributed by atoms with Crippen LogP contribution in [0, 0.1) is 5.82 Å². The fourth-order valence-electron chi connectivity index (χ4n) is 3.41. The number of rotatable bonds is 5. The zero-order chi connectivity index (χ0) is 21.1. The second-order valence-electron chi connectivity index (χ2n) is 6.66. The number of hydrogen-bond acceptors (Lipinski definition) is 4. The SMILES string of the molecule is O=C(/C=C/c1ccccc1)C1=C(O)C(=O)N(c2ccccn2)C1c1ccccc1F. The van der Waals surface area contributed by atoms with Crippen LogP contribution in [0.5, 0.6) is 0 Å². The van der Waals surface area contributed by atoms with Crippen LogP contribution < -0.4 is 4.90 Å². The molecule has 0 spiro atoms. The van der Waals surface area contributed by atoms with Gasteiger partial charge in [0.05, 0.1) is 11.6 Å². The predicted molar refractivity (Wildman–Crippen MR) is 111 cm³/mol. The lowest BCUT2D eigenvalue weighted by Gasteiger charge is -2.25. The number of allylic oxidation sites excluding steroid dienone is 1. The Kier molecular flexibility index (Phi) is 5.22. The van der Waals surface area contributed by atoms with Crippen molar-refractivity contribution in [2.24, 2.45) is 0 Å². The van der Waals surface area contributed by atoms with Gasteiger partial charge in [0, 0.05) is 11.8 Å². The van der Waals surface area contributed by atoms with Crippen molar-refractivity contribution in [3.63, 3.8) is 0 Å². The van der Waals surface area contributed by atoms with E-state index in [9.17, 15) is 19.1 Å². The molecule has 0 aliphatic carbocycles. The first kappa shape index (κ1) is 19.3. The fourth-order valence-corrected chi connectivity index (χ4v) is 3.41. The summed E-state index contributed by atoms with van der Waals surface area (Å²) < 4.78 is 14.7. The lowest BCUT2D eigenvalue weighted by molar-refractivity contribution is -0.117. The summed E-state index contributed by atoms with van der Waals surface area (Å²) >= 11 is 0. The summed E-state index contributed by atoms with van der Waals surface area (Å²) in [6.07, 6.45) is 4.33. The molecule has 1 aliphatic heterocycles. The van der Waals surface area contributed by atoms with Gasteiger partial charge in [0.15, 0.2) is 11.5 Å². The van der Waals surface area contributed by atoms with E-state index in [1.807, 2.05) is 30.3 Å². The van der Waals surface area contributed by atoms with Gasteiger partial charge in [0.1, 0.15) is 11.6 Å². The molecule has 0 radical (unpaired) electrons. The molecular formula is C24H17FN2O3. The number of carbonyl (C=O) groups excluding carboxylic acids is 2. The zero-order valence-corrected chi connectivity index (χ0v) is 15.8. The van der Waals surface area contributed by atoms with Gasteiger partial charge < -0.3 is 5.11 Å². The van der Waals surface area contributed by atoms with Crippen molar-refractivity contribution in [3.8, 4) is 0 Å². The van der Waals surface area contributed by atoms with Crippen LogP contribution in [0.25, 0.3) is 6.08 Å². The number of pyridine rings is 1. The Morgan fingerprint density at radius 3 is 2.40 bits per heavy atom. The summed E-state index contributed by atoms with van der Waals surface area (Å²) in [5.74, 6) is -2.49. The molecule has 148 valence electrons. The maximum atomic E-state index is 14.7. The van der Waals surface area contributed by atoms with Crippen molar-refractivity contribution >= 4 is 23.6 Å².